The number of aryl methyl sites for hydroxylation is 2. The summed E-state index contributed by atoms with van der Waals surface area (Å²) in [6.07, 6.45) is 6.17. The van der Waals surface area contributed by atoms with E-state index in [9.17, 15) is 5.11 Å². The molecule has 0 aliphatic heterocycles. The van der Waals surface area contributed by atoms with Crippen molar-refractivity contribution in [2.45, 2.75) is 58.6 Å². The van der Waals surface area contributed by atoms with Crippen molar-refractivity contribution in [2.75, 3.05) is 6.54 Å². The first-order valence-electron chi connectivity index (χ1n) is 7.10. The standard InChI is InChI=1S/C15H25NOS/c1-11-7-15(18-12(11)2)10-16-9-14(17)8-13-5-3-4-6-13/h7,13-14,16-17H,3-6,8-10H2,1-2H3. The highest BCUT2D eigenvalue weighted by atomic mass is 32.1. The van der Waals surface area contributed by atoms with Crippen LogP contribution < -0.4 is 5.32 Å². The lowest BCUT2D eigenvalue weighted by molar-refractivity contribution is 0.140. The van der Waals surface area contributed by atoms with Crippen molar-refractivity contribution in [3.05, 3.63) is 21.4 Å². The van der Waals surface area contributed by atoms with E-state index in [4.69, 9.17) is 0 Å². The summed E-state index contributed by atoms with van der Waals surface area (Å²) in [7, 11) is 0. The number of rotatable bonds is 6. The molecule has 0 aromatic carbocycles. The van der Waals surface area contributed by atoms with Gasteiger partial charge >= 0.3 is 0 Å². The van der Waals surface area contributed by atoms with Gasteiger partial charge in [0.2, 0.25) is 0 Å². The van der Waals surface area contributed by atoms with E-state index in [0.29, 0.717) is 0 Å². The Labute approximate surface area is 114 Å². The van der Waals surface area contributed by atoms with Gasteiger partial charge in [-0.2, -0.15) is 0 Å². The molecule has 0 saturated heterocycles. The highest BCUT2D eigenvalue weighted by Crippen LogP contribution is 2.28. The Hall–Kier alpha value is -0.380. The van der Waals surface area contributed by atoms with E-state index in [2.05, 4.69) is 25.2 Å². The van der Waals surface area contributed by atoms with Crippen molar-refractivity contribution >= 4 is 11.3 Å². The molecule has 1 unspecified atom stereocenters. The largest absolute Gasteiger partial charge is 0.392 e. The summed E-state index contributed by atoms with van der Waals surface area (Å²) in [5, 5.41) is 13.4. The molecule has 1 aromatic heterocycles. The van der Waals surface area contributed by atoms with E-state index in [-0.39, 0.29) is 6.10 Å². The minimum absolute atomic E-state index is 0.171. The fourth-order valence-electron chi connectivity index (χ4n) is 2.81. The number of hydrogen-bond acceptors (Lipinski definition) is 3. The fraction of sp³-hybridized carbons (Fsp3) is 0.733. The lowest BCUT2D eigenvalue weighted by atomic mass is 10.0. The topological polar surface area (TPSA) is 32.3 Å². The molecule has 1 aliphatic rings. The maximum atomic E-state index is 9.99. The lowest BCUT2D eigenvalue weighted by Crippen LogP contribution is -2.27. The van der Waals surface area contributed by atoms with Crippen LogP contribution in [-0.4, -0.2) is 17.8 Å². The first-order valence-corrected chi connectivity index (χ1v) is 7.91. The van der Waals surface area contributed by atoms with Gasteiger partial charge in [-0.05, 0) is 37.8 Å². The number of hydrogen-bond donors (Lipinski definition) is 2. The molecule has 1 saturated carbocycles. The van der Waals surface area contributed by atoms with Crippen LogP contribution in [0.2, 0.25) is 0 Å². The van der Waals surface area contributed by atoms with Gasteiger partial charge in [-0.1, -0.05) is 25.7 Å². The van der Waals surface area contributed by atoms with E-state index >= 15 is 0 Å². The van der Waals surface area contributed by atoms with Gasteiger partial charge in [0.25, 0.3) is 0 Å². The van der Waals surface area contributed by atoms with Crippen LogP contribution in [0.4, 0.5) is 0 Å². The molecule has 1 aliphatic carbocycles. The van der Waals surface area contributed by atoms with E-state index in [1.54, 1.807) is 0 Å². The monoisotopic (exact) mass is 267 g/mol. The van der Waals surface area contributed by atoms with E-state index in [1.165, 1.54) is 41.0 Å². The van der Waals surface area contributed by atoms with Crippen molar-refractivity contribution in [3.8, 4) is 0 Å². The average Bonchev–Trinajstić information content (AvgIpc) is 2.90. The molecule has 18 heavy (non-hydrogen) atoms. The van der Waals surface area contributed by atoms with Crippen LogP contribution in [0.1, 0.15) is 47.4 Å². The van der Waals surface area contributed by atoms with E-state index < -0.39 is 0 Å². The van der Waals surface area contributed by atoms with E-state index in [0.717, 1.165) is 25.4 Å². The molecule has 1 aromatic rings. The second kappa shape index (κ2) is 6.69. The summed E-state index contributed by atoms with van der Waals surface area (Å²) in [4.78, 5) is 2.77. The number of aliphatic hydroxyl groups is 1. The molecule has 1 fully saturated rings. The highest BCUT2D eigenvalue weighted by Gasteiger charge is 2.18. The summed E-state index contributed by atoms with van der Waals surface area (Å²) in [6, 6.07) is 2.25. The van der Waals surface area contributed by atoms with Crippen molar-refractivity contribution in [3.63, 3.8) is 0 Å². The summed E-state index contributed by atoms with van der Waals surface area (Å²) < 4.78 is 0. The highest BCUT2D eigenvalue weighted by molar-refractivity contribution is 7.12. The summed E-state index contributed by atoms with van der Waals surface area (Å²) >= 11 is 1.85. The molecule has 0 bridgehead atoms. The third kappa shape index (κ3) is 4.08. The molecule has 1 atom stereocenters. The Morgan fingerprint density at radius 2 is 2.11 bits per heavy atom. The Morgan fingerprint density at radius 1 is 1.39 bits per heavy atom. The minimum Gasteiger partial charge on any atom is -0.392 e. The zero-order chi connectivity index (χ0) is 13.0. The maximum Gasteiger partial charge on any atom is 0.0667 e. The number of thiophene rings is 1. The Morgan fingerprint density at radius 3 is 2.72 bits per heavy atom. The molecule has 0 radical (unpaired) electrons. The molecule has 2 nitrogen and oxygen atoms in total. The molecule has 2 N–H and O–H groups in total. The lowest BCUT2D eigenvalue weighted by Gasteiger charge is -2.15. The number of nitrogens with one attached hydrogen (secondary N) is 1. The molecule has 102 valence electrons. The predicted molar refractivity (Wildman–Crippen MR) is 78.1 cm³/mol. The normalized spacial score (nSPS) is 18.4. The van der Waals surface area contributed by atoms with Gasteiger partial charge in [-0.15, -0.1) is 11.3 Å². The Balaban J connectivity index is 1.65. The third-order valence-corrected chi connectivity index (χ3v) is 5.13. The van der Waals surface area contributed by atoms with Crippen LogP contribution in [-0.2, 0) is 6.54 Å². The summed E-state index contributed by atoms with van der Waals surface area (Å²) in [6.45, 7) is 5.94. The SMILES string of the molecule is Cc1cc(CNCC(O)CC2CCCC2)sc1C. The molecule has 1 heterocycles. The smallest absolute Gasteiger partial charge is 0.0667 e. The average molecular weight is 267 g/mol. The summed E-state index contributed by atoms with van der Waals surface area (Å²) in [5.74, 6) is 0.771. The molecule has 2 rings (SSSR count). The van der Waals surface area contributed by atoms with Gasteiger partial charge in [0.15, 0.2) is 0 Å². The molecular formula is C15H25NOS. The maximum absolute atomic E-state index is 9.99. The van der Waals surface area contributed by atoms with Crippen molar-refractivity contribution in [1.82, 2.24) is 5.32 Å². The van der Waals surface area contributed by atoms with Crippen LogP contribution in [0.25, 0.3) is 0 Å². The predicted octanol–water partition coefficient (Wildman–Crippen LogP) is 3.40. The van der Waals surface area contributed by atoms with Gasteiger partial charge < -0.3 is 10.4 Å². The Bertz CT molecular complexity index is 349. The van der Waals surface area contributed by atoms with Gasteiger partial charge in [0.05, 0.1) is 6.10 Å². The molecular weight excluding hydrogens is 242 g/mol. The van der Waals surface area contributed by atoms with Crippen molar-refractivity contribution in [1.29, 1.82) is 0 Å². The first-order chi connectivity index (χ1) is 8.65. The summed E-state index contributed by atoms with van der Waals surface area (Å²) in [5.41, 5.74) is 1.38. The van der Waals surface area contributed by atoms with Crippen LogP contribution in [0.3, 0.4) is 0 Å². The van der Waals surface area contributed by atoms with Crippen LogP contribution in [0.5, 0.6) is 0 Å². The van der Waals surface area contributed by atoms with Crippen molar-refractivity contribution in [2.24, 2.45) is 5.92 Å². The van der Waals surface area contributed by atoms with Gasteiger partial charge in [-0.3, -0.25) is 0 Å². The minimum atomic E-state index is -0.171. The van der Waals surface area contributed by atoms with Gasteiger partial charge in [-0.25, -0.2) is 0 Å². The molecule has 3 heteroatoms. The Kier molecular flexibility index (Phi) is 5.22. The third-order valence-electron chi connectivity index (χ3n) is 3.98. The van der Waals surface area contributed by atoms with Gasteiger partial charge in [0.1, 0.15) is 0 Å². The number of aliphatic hydroxyl groups excluding tert-OH is 1. The second-order valence-corrected chi connectivity index (χ2v) is 6.96. The quantitative estimate of drug-likeness (QED) is 0.828. The zero-order valence-corrected chi connectivity index (χ0v) is 12.4. The van der Waals surface area contributed by atoms with Crippen LogP contribution in [0, 0.1) is 19.8 Å². The van der Waals surface area contributed by atoms with Crippen LogP contribution >= 0.6 is 11.3 Å². The van der Waals surface area contributed by atoms with E-state index in [1.807, 2.05) is 11.3 Å². The van der Waals surface area contributed by atoms with Crippen molar-refractivity contribution < 1.29 is 5.11 Å². The fourth-order valence-corrected chi connectivity index (χ4v) is 3.84. The zero-order valence-electron chi connectivity index (χ0n) is 11.5. The molecule has 0 amide bonds. The second-order valence-electron chi connectivity index (χ2n) is 5.62. The first kappa shape index (κ1) is 14.0. The molecule has 0 spiro atoms. The van der Waals surface area contributed by atoms with Crippen LogP contribution in [0.15, 0.2) is 6.07 Å². The van der Waals surface area contributed by atoms with Gasteiger partial charge in [0, 0.05) is 22.8 Å².